The average molecular weight is 195 g/mol. The summed E-state index contributed by atoms with van der Waals surface area (Å²) in [7, 11) is 0. The van der Waals surface area contributed by atoms with Crippen molar-refractivity contribution in [2.24, 2.45) is 0 Å². The average Bonchev–Trinajstić information content (AvgIpc) is 2.00. The zero-order valence-corrected chi connectivity index (χ0v) is 9.60. The molecule has 0 spiro atoms. The number of rotatable bonds is 0. The molecule has 0 bridgehead atoms. The van der Waals surface area contributed by atoms with Crippen LogP contribution in [-0.4, -0.2) is 28.3 Å². The van der Waals surface area contributed by atoms with E-state index in [1.165, 1.54) is 25.8 Å². The lowest BCUT2D eigenvalue weighted by Gasteiger charge is -2.56. The van der Waals surface area contributed by atoms with Crippen LogP contribution in [0.3, 0.4) is 0 Å². The maximum atomic E-state index is 11.7. The Hall–Kier alpha value is -0.370. The van der Waals surface area contributed by atoms with E-state index in [0.717, 1.165) is 12.8 Å². The summed E-state index contributed by atoms with van der Waals surface area (Å²) in [4.78, 5) is 14.3. The topological polar surface area (TPSA) is 20.3 Å². The van der Waals surface area contributed by atoms with Gasteiger partial charge in [0, 0.05) is 23.9 Å². The van der Waals surface area contributed by atoms with Crippen LogP contribution in [0.2, 0.25) is 0 Å². The lowest BCUT2D eigenvalue weighted by Crippen LogP contribution is -2.63. The molecule has 0 aliphatic carbocycles. The molecule has 0 aromatic heterocycles. The molecule has 2 heterocycles. The Balaban J connectivity index is 2.29. The van der Waals surface area contributed by atoms with Gasteiger partial charge in [0.25, 0.3) is 0 Å². The van der Waals surface area contributed by atoms with E-state index in [9.17, 15) is 4.79 Å². The standard InChI is InChI=1S/C12H21NO/c1-11(2)8-10(14)9-12(3)6-4-5-7-13(11)12/h4-9H2,1-3H3. The van der Waals surface area contributed by atoms with Crippen molar-refractivity contribution in [3.63, 3.8) is 0 Å². The van der Waals surface area contributed by atoms with Gasteiger partial charge in [-0.1, -0.05) is 6.42 Å². The summed E-state index contributed by atoms with van der Waals surface area (Å²) in [5.74, 6) is 0.454. The third kappa shape index (κ3) is 1.50. The van der Waals surface area contributed by atoms with Crippen LogP contribution < -0.4 is 0 Å². The van der Waals surface area contributed by atoms with Crippen LogP contribution >= 0.6 is 0 Å². The molecule has 2 fully saturated rings. The molecule has 80 valence electrons. The fourth-order valence-corrected chi connectivity index (χ4v) is 3.46. The minimum atomic E-state index is 0.0878. The lowest BCUT2D eigenvalue weighted by molar-refractivity contribution is -0.137. The summed E-state index contributed by atoms with van der Waals surface area (Å²) < 4.78 is 0. The largest absolute Gasteiger partial charge is 0.300 e. The molecule has 0 aromatic carbocycles. The van der Waals surface area contributed by atoms with Crippen molar-refractivity contribution in [3.8, 4) is 0 Å². The van der Waals surface area contributed by atoms with Gasteiger partial charge in [0.05, 0.1) is 0 Å². The van der Waals surface area contributed by atoms with Crippen molar-refractivity contribution < 1.29 is 4.79 Å². The minimum absolute atomic E-state index is 0.0878. The summed E-state index contributed by atoms with van der Waals surface area (Å²) in [6, 6.07) is 0. The summed E-state index contributed by atoms with van der Waals surface area (Å²) in [5, 5.41) is 0. The van der Waals surface area contributed by atoms with Gasteiger partial charge in [-0.05, 0) is 40.2 Å². The molecule has 0 N–H and O–H groups in total. The number of carbonyl (C=O) groups excluding carboxylic acids is 1. The number of Topliss-reactive ketones (excluding diaryl/α,β-unsaturated/α-hetero) is 1. The Kier molecular flexibility index (Phi) is 2.22. The van der Waals surface area contributed by atoms with E-state index in [1.54, 1.807) is 0 Å². The van der Waals surface area contributed by atoms with Crippen molar-refractivity contribution in [1.29, 1.82) is 0 Å². The van der Waals surface area contributed by atoms with E-state index in [1.807, 2.05) is 0 Å². The quantitative estimate of drug-likeness (QED) is 0.591. The second kappa shape index (κ2) is 3.06. The Labute approximate surface area is 86.7 Å². The molecular formula is C12H21NO. The number of hydrogen-bond donors (Lipinski definition) is 0. The molecule has 2 nitrogen and oxygen atoms in total. The van der Waals surface area contributed by atoms with E-state index in [0.29, 0.717) is 5.78 Å². The Bertz CT molecular complexity index is 259. The number of hydrogen-bond acceptors (Lipinski definition) is 2. The van der Waals surface area contributed by atoms with Gasteiger partial charge in [-0.15, -0.1) is 0 Å². The van der Waals surface area contributed by atoms with Crippen LogP contribution in [0.1, 0.15) is 52.9 Å². The van der Waals surface area contributed by atoms with Crippen molar-refractivity contribution in [2.45, 2.75) is 64.0 Å². The lowest BCUT2D eigenvalue weighted by atomic mass is 9.73. The Morgan fingerprint density at radius 2 is 1.86 bits per heavy atom. The third-order valence-corrected chi connectivity index (χ3v) is 3.94. The third-order valence-electron chi connectivity index (χ3n) is 3.94. The number of nitrogens with zero attached hydrogens (tertiary/aromatic N) is 1. The first kappa shape index (κ1) is 10.2. The van der Waals surface area contributed by atoms with Crippen LogP contribution in [0.15, 0.2) is 0 Å². The van der Waals surface area contributed by atoms with Gasteiger partial charge in [0.15, 0.2) is 0 Å². The van der Waals surface area contributed by atoms with Gasteiger partial charge in [-0.25, -0.2) is 0 Å². The number of piperidine rings is 2. The molecule has 0 amide bonds. The van der Waals surface area contributed by atoms with Gasteiger partial charge < -0.3 is 0 Å². The first-order valence-electron chi connectivity index (χ1n) is 5.74. The highest BCUT2D eigenvalue weighted by Crippen LogP contribution is 2.42. The summed E-state index contributed by atoms with van der Waals surface area (Å²) >= 11 is 0. The molecule has 0 radical (unpaired) electrons. The summed E-state index contributed by atoms with van der Waals surface area (Å²) in [6.07, 6.45) is 5.30. The van der Waals surface area contributed by atoms with Crippen LogP contribution in [0.4, 0.5) is 0 Å². The smallest absolute Gasteiger partial charge is 0.136 e. The molecule has 2 aliphatic rings. The molecule has 1 atom stereocenters. The molecule has 0 aromatic rings. The van der Waals surface area contributed by atoms with E-state index in [4.69, 9.17) is 0 Å². The SMILES string of the molecule is CC1(C)CC(=O)CC2(C)CCCCN12. The second-order valence-electron chi connectivity index (χ2n) is 5.81. The Morgan fingerprint density at radius 3 is 2.57 bits per heavy atom. The summed E-state index contributed by atoms with van der Waals surface area (Å²) in [5.41, 5.74) is 0.252. The zero-order chi connectivity index (χ0) is 10.4. The maximum Gasteiger partial charge on any atom is 0.136 e. The number of carbonyl (C=O) groups is 1. The molecule has 2 rings (SSSR count). The second-order valence-corrected chi connectivity index (χ2v) is 5.81. The number of fused-ring (bicyclic) bond motifs is 1. The minimum Gasteiger partial charge on any atom is -0.300 e. The fourth-order valence-electron chi connectivity index (χ4n) is 3.46. The zero-order valence-electron chi connectivity index (χ0n) is 9.60. The van der Waals surface area contributed by atoms with Crippen molar-refractivity contribution in [1.82, 2.24) is 4.90 Å². The van der Waals surface area contributed by atoms with Gasteiger partial charge in [-0.2, -0.15) is 0 Å². The van der Waals surface area contributed by atoms with Gasteiger partial charge in [0.2, 0.25) is 0 Å². The van der Waals surface area contributed by atoms with Crippen LogP contribution in [-0.2, 0) is 4.79 Å². The fraction of sp³-hybridized carbons (Fsp3) is 0.917. The van der Waals surface area contributed by atoms with E-state index in [2.05, 4.69) is 25.7 Å². The molecular weight excluding hydrogens is 174 g/mol. The van der Waals surface area contributed by atoms with Gasteiger partial charge in [-0.3, -0.25) is 9.69 Å². The first-order valence-corrected chi connectivity index (χ1v) is 5.74. The van der Waals surface area contributed by atoms with Crippen LogP contribution in [0, 0.1) is 0 Å². The normalized spacial score (nSPS) is 38.1. The first-order chi connectivity index (χ1) is 6.44. The highest BCUT2D eigenvalue weighted by molar-refractivity contribution is 5.81. The molecule has 2 saturated heterocycles. The van der Waals surface area contributed by atoms with E-state index < -0.39 is 0 Å². The molecule has 0 saturated carbocycles. The van der Waals surface area contributed by atoms with Gasteiger partial charge in [0.1, 0.15) is 5.78 Å². The van der Waals surface area contributed by atoms with Crippen LogP contribution in [0.5, 0.6) is 0 Å². The molecule has 1 unspecified atom stereocenters. The maximum absolute atomic E-state index is 11.7. The number of ketones is 1. The van der Waals surface area contributed by atoms with Gasteiger partial charge >= 0.3 is 0 Å². The predicted molar refractivity (Wildman–Crippen MR) is 57.3 cm³/mol. The van der Waals surface area contributed by atoms with Crippen molar-refractivity contribution in [3.05, 3.63) is 0 Å². The molecule has 14 heavy (non-hydrogen) atoms. The summed E-state index contributed by atoms with van der Waals surface area (Å²) in [6.45, 7) is 7.88. The molecule has 2 heteroatoms. The highest BCUT2D eigenvalue weighted by atomic mass is 16.1. The highest BCUT2D eigenvalue weighted by Gasteiger charge is 2.47. The van der Waals surface area contributed by atoms with E-state index >= 15 is 0 Å². The monoisotopic (exact) mass is 195 g/mol. The predicted octanol–water partition coefficient (Wildman–Crippen LogP) is 2.37. The molecule has 2 aliphatic heterocycles. The Morgan fingerprint density at radius 1 is 1.14 bits per heavy atom. The van der Waals surface area contributed by atoms with Crippen molar-refractivity contribution in [2.75, 3.05) is 6.54 Å². The van der Waals surface area contributed by atoms with Crippen LogP contribution in [0.25, 0.3) is 0 Å². The van der Waals surface area contributed by atoms with E-state index in [-0.39, 0.29) is 11.1 Å². The van der Waals surface area contributed by atoms with Crippen molar-refractivity contribution >= 4 is 5.78 Å².